The van der Waals surface area contributed by atoms with Crippen LogP contribution in [0.25, 0.3) is 10.9 Å². The van der Waals surface area contributed by atoms with Gasteiger partial charge < -0.3 is 70.0 Å². The molecule has 0 aliphatic heterocycles. The van der Waals surface area contributed by atoms with Crippen LogP contribution in [0, 0.1) is 11.8 Å². The summed E-state index contributed by atoms with van der Waals surface area (Å²) in [6, 6.07) is 12.5. The summed E-state index contributed by atoms with van der Waals surface area (Å²) in [5, 5.41) is 36.6. The third-order valence-electron chi connectivity index (χ3n) is 12.1. The first-order valence-corrected chi connectivity index (χ1v) is 23.3. The molecule has 0 unspecified atom stereocenters. The largest absolute Gasteiger partial charge is 0.508 e. The number of carbonyl (C=O) groups is 7. The Kier molecular flexibility index (Phi) is 21.0. The number of nitrogens with two attached hydrogens (primary N) is 4. The Balaban J connectivity index is 1.54. The van der Waals surface area contributed by atoms with Gasteiger partial charge in [0, 0.05) is 36.5 Å². The normalized spacial score (nSPS) is 14.5. The monoisotopic (exact) mass is 969 g/mol. The molecule has 4 aromatic rings. The van der Waals surface area contributed by atoms with E-state index < -0.39 is 96.0 Å². The molecular weight excluding hydrogens is 901 g/mol. The number of guanidine groups is 1. The number of fused-ring (bicyclic) bond motifs is 1. The predicted molar refractivity (Wildman–Crippen MR) is 264 cm³/mol. The summed E-state index contributed by atoms with van der Waals surface area (Å²) in [5.41, 5.74) is 25.3. The molecular formula is C49H68N12O9. The SMILES string of the molecule is CC[C@@H](C)[C@@H](NC(=O)CNC(=O)[C@H](NC(=O)[C@@H](Cc1c[nH]c2ccccc12)NC(=O)[C@@H](Cc1ccc(O)cc1)NC(=O)[C@H](N)Cc1ccc(O)cc1)[C@H](C)CC)C(=O)N[C@H](CCCN=C(N)N)C(N)=O. The Morgan fingerprint density at radius 3 is 1.74 bits per heavy atom. The first kappa shape index (κ1) is 54.9. The van der Waals surface area contributed by atoms with Gasteiger partial charge in [0.25, 0.3) is 0 Å². The minimum atomic E-state index is -1.31. The number of nitrogens with one attached hydrogen (secondary N) is 7. The number of phenolic OH excluding ortho intramolecular Hbond substituents is 2. The molecule has 0 saturated carbocycles. The van der Waals surface area contributed by atoms with Gasteiger partial charge >= 0.3 is 0 Å². The number of para-hydroxylation sites is 1. The van der Waals surface area contributed by atoms with Crippen molar-refractivity contribution in [3.8, 4) is 11.5 Å². The van der Waals surface area contributed by atoms with Crippen LogP contribution >= 0.6 is 0 Å². The molecule has 21 heteroatoms. The maximum Gasteiger partial charge on any atom is 0.243 e. The molecule has 0 radical (unpaired) electrons. The molecule has 21 nitrogen and oxygen atoms in total. The standard InChI is InChI=1S/C49H68N12O9/c1-5-27(3)41(47(69)56-26-40(64)60-42(28(4)6-2)48(70)57-37(43(51)65)12-9-21-54-49(52)53)61-46(68)39(24-31-25-55-36-11-8-7-10-34(31)36)59-45(67)38(23-30-15-19-33(63)20-16-30)58-44(66)35(50)22-29-13-17-32(62)18-14-29/h7-8,10-11,13-20,25,27-28,35,37-39,41-42,55,62-63H,5-6,9,12,21-24,26,50H2,1-4H3,(H2,51,65)(H,56,69)(H,57,70)(H,58,66)(H,59,67)(H,60,64)(H,61,68)(H4,52,53,54)/t27-,28-,35-,37-,38-,39-,41-,42-/m1/s1. The molecule has 1 heterocycles. The average Bonchev–Trinajstić information content (AvgIpc) is 3.74. The number of amides is 7. The molecule has 1 aromatic heterocycles. The number of aromatic hydroxyl groups is 2. The number of hydrogen-bond donors (Lipinski definition) is 13. The van der Waals surface area contributed by atoms with Crippen molar-refractivity contribution in [2.45, 2.75) is 109 Å². The van der Waals surface area contributed by atoms with Crippen molar-refractivity contribution in [1.29, 1.82) is 0 Å². The fraction of sp³-hybridized carbons (Fsp3) is 0.429. The van der Waals surface area contributed by atoms with Gasteiger partial charge in [0.1, 0.15) is 41.7 Å². The van der Waals surface area contributed by atoms with E-state index in [1.807, 2.05) is 38.1 Å². The highest BCUT2D eigenvalue weighted by Crippen LogP contribution is 2.21. The molecule has 0 bridgehead atoms. The molecule has 0 saturated heterocycles. The zero-order valence-corrected chi connectivity index (χ0v) is 40.0. The maximum atomic E-state index is 14.5. The molecule has 3 aromatic carbocycles. The van der Waals surface area contributed by atoms with Crippen molar-refractivity contribution in [3.63, 3.8) is 0 Å². The lowest BCUT2D eigenvalue weighted by atomic mass is 9.96. The van der Waals surface area contributed by atoms with Crippen molar-refractivity contribution < 1.29 is 43.8 Å². The van der Waals surface area contributed by atoms with Crippen LogP contribution in [0.15, 0.2) is 84.0 Å². The zero-order valence-electron chi connectivity index (χ0n) is 40.0. The molecule has 7 amide bonds. The van der Waals surface area contributed by atoms with E-state index in [0.29, 0.717) is 36.0 Å². The van der Waals surface area contributed by atoms with E-state index in [1.54, 1.807) is 44.3 Å². The molecule has 378 valence electrons. The van der Waals surface area contributed by atoms with Gasteiger partial charge in [-0.2, -0.15) is 0 Å². The lowest BCUT2D eigenvalue weighted by Crippen LogP contribution is -2.60. The second kappa shape index (κ2) is 26.8. The highest BCUT2D eigenvalue weighted by atomic mass is 16.3. The van der Waals surface area contributed by atoms with E-state index in [0.717, 1.165) is 10.9 Å². The minimum Gasteiger partial charge on any atom is -0.508 e. The summed E-state index contributed by atoms with van der Waals surface area (Å²) in [4.78, 5) is 103. The van der Waals surface area contributed by atoms with E-state index in [9.17, 15) is 43.8 Å². The Bertz CT molecular complexity index is 2440. The number of H-pyrrole nitrogens is 1. The Hall–Kier alpha value is -7.68. The molecule has 0 spiro atoms. The highest BCUT2D eigenvalue weighted by Gasteiger charge is 2.34. The number of aliphatic imine (C=N–C) groups is 1. The van der Waals surface area contributed by atoms with Gasteiger partial charge in [-0.25, -0.2) is 0 Å². The number of hydrogen-bond acceptors (Lipinski definition) is 11. The summed E-state index contributed by atoms with van der Waals surface area (Å²) in [6.07, 6.45) is 3.04. The lowest BCUT2D eigenvalue weighted by Gasteiger charge is -2.28. The average molecular weight is 969 g/mol. The second-order valence-electron chi connectivity index (χ2n) is 17.5. The molecule has 17 N–H and O–H groups in total. The fourth-order valence-corrected chi connectivity index (χ4v) is 7.55. The van der Waals surface area contributed by atoms with Crippen molar-refractivity contribution in [1.82, 2.24) is 36.9 Å². The Morgan fingerprint density at radius 2 is 1.16 bits per heavy atom. The lowest BCUT2D eigenvalue weighted by molar-refractivity contribution is -0.135. The van der Waals surface area contributed by atoms with Crippen LogP contribution in [0.2, 0.25) is 0 Å². The van der Waals surface area contributed by atoms with Crippen LogP contribution < -0.4 is 54.8 Å². The number of primary amides is 1. The number of rotatable bonds is 27. The van der Waals surface area contributed by atoms with Crippen LogP contribution in [0.1, 0.15) is 70.1 Å². The number of aromatic nitrogens is 1. The van der Waals surface area contributed by atoms with Crippen LogP contribution in [0.3, 0.4) is 0 Å². The van der Waals surface area contributed by atoms with E-state index in [1.165, 1.54) is 24.3 Å². The van der Waals surface area contributed by atoms with Gasteiger partial charge in [-0.3, -0.25) is 38.6 Å². The molecule has 70 heavy (non-hydrogen) atoms. The van der Waals surface area contributed by atoms with Gasteiger partial charge in [-0.15, -0.1) is 0 Å². The van der Waals surface area contributed by atoms with E-state index in [4.69, 9.17) is 22.9 Å². The third-order valence-corrected chi connectivity index (χ3v) is 12.1. The highest BCUT2D eigenvalue weighted by molar-refractivity contribution is 5.97. The molecule has 0 aliphatic rings. The van der Waals surface area contributed by atoms with Crippen molar-refractivity contribution in [2.75, 3.05) is 13.1 Å². The summed E-state index contributed by atoms with van der Waals surface area (Å²) < 4.78 is 0. The maximum absolute atomic E-state index is 14.5. The van der Waals surface area contributed by atoms with Crippen LogP contribution in [-0.2, 0) is 52.8 Å². The number of nitrogens with zero attached hydrogens (tertiary/aromatic N) is 1. The predicted octanol–water partition coefficient (Wildman–Crippen LogP) is 0.106. The summed E-state index contributed by atoms with van der Waals surface area (Å²) in [5.74, 6) is -6.00. The first-order chi connectivity index (χ1) is 33.3. The van der Waals surface area contributed by atoms with Crippen LogP contribution in [0.5, 0.6) is 11.5 Å². The molecule has 8 atom stereocenters. The van der Waals surface area contributed by atoms with Crippen molar-refractivity contribution in [2.24, 2.45) is 39.8 Å². The molecule has 4 rings (SSSR count). The van der Waals surface area contributed by atoms with Crippen molar-refractivity contribution in [3.05, 3.63) is 95.7 Å². The van der Waals surface area contributed by atoms with Gasteiger partial charge in [0.05, 0.1) is 12.6 Å². The van der Waals surface area contributed by atoms with Gasteiger partial charge in [0.15, 0.2) is 5.96 Å². The number of aromatic amines is 1. The Labute approximate surface area is 406 Å². The fourth-order valence-electron chi connectivity index (χ4n) is 7.55. The van der Waals surface area contributed by atoms with Gasteiger partial charge in [-0.1, -0.05) is 83.0 Å². The summed E-state index contributed by atoms with van der Waals surface area (Å²) >= 11 is 0. The molecule has 0 aliphatic carbocycles. The first-order valence-electron chi connectivity index (χ1n) is 23.3. The van der Waals surface area contributed by atoms with Gasteiger partial charge in [0.2, 0.25) is 41.4 Å². The number of carbonyl (C=O) groups excluding carboxylic acids is 7. The topological polar surface area (TPSA) is 364 Å². The minimum absolute atomic E-state index is 0.0114. The number of benzene rings is 3. The van der Waals surface area contributed by atoms with Crippen LogP contribution in [0.4, 0.5) is 0 Å². The quantitative estimate of drug-likeness (QED) is 0.0215. The zero-order chi connectivity index (χ0) is 51.5. The smallest absolute Gasteiger partial charge is 0.243 e. The summed E-state index contributed by atoms with van der Waals surface area (Å²) in [6.45, 7) is 6.72. The van der Waals surface area contributed by atoms with Crippen molar-refractivity contribution >= 4 is 58.2 Å². The molecule has 0 fully saturated rings. The Morgan fingerprint density at radius 1 is 0.629 bits per heavy atom. The van der Waals surface area contributed by atoms with E-state index >= 15 is 0 Å². The third kappa shape index (κ3) is 16.8. The second-order valence-corrected chi connectivity index (χ2v) is 17.5. The van der Waals surface area contributed by atoms with Crippen LogP contribution in [-0.4, -0.2) is 112 Å². The van der Waals surface area contributed by atoms with E-state index in [2.05, 4.69) is 41.9 Å². The number of phenols is 2. The van der Waals surface area contributed by atoms with E-state index in [-0.39, 0.29) is 49.7 Å². The summed E-state index contributed by atoms with van der Waals surface area (Å²) in [7, 11) is 0. The van der Waals surface area contributed by atoms with Gasteiger partial charge in [-0.05, 0) is 78.1 Å².